The Kier molecular flexibility index (Phi) is 4.11. The largest absolute Gasteiger partial charge is 0.290 e. The molecule has 1 saturated heterocycles. The molecule has 1 amide bonds. The normalized spacial score (nSPS) is 18.5. The monoisotopic (exact) mass is 308 g/mol. The molecule has 2 aromatic carbocycles. The van der Waals surface area contributed by atoms with Gasteiger partial charge in [-0.15, -0.1) is 0 Å². The summed E-state index contributed by atoms with van der Waals surface area (Å²) in [5, 5.41) is 0.705. The molecule has 3 rings (SSSR count). The van der Waals surface area contributed by atoms with E-state index in [0.29, 0.717) is 10.1 Å². The minimum Gasteiger partial charge on any atom is -0.290 e. The number of nitrogens with zero attached hydrogens (tertiary/aromatic N) is 2. The number of amidine groups is 1. The number of aliphatic imine (C=N–C) groups is 1. The van der Waals surface area contributed by atoms with Gasteiger partial charge in [0.2, 0.25) is 0 Å². The van der Waals surface area contributed by atoms with E-state index in [4.69, 9.17) is 0 Å². The van der Waals surface area contributed by atoms with Crippen LogP contribution in [0.2, 0.25) is 0 Å². The first-order chi connectivity index (χ1) is 10.6. The summed E-state index contributed by atoms with van der Waals surface area (Å²) in [6.45, 7) is 2.04. The third-order valence-corrected chi connectivity index (χ3v) is 4.42. The number of rotatable bonds is 2. The molecule has 0 atom stereocenters. The van der Waals surface area contributed by atoms with Crippen LogP contribution in [-0.4, -0.2) is 23.0 Å². The minimum absolute atomic E-state index is 0.0142. The van der Waals surface area contributed by atoms with E-state index in [1.807, 2.05) is 67.6 Å². The van der Waals surface area contributed by atoms with Gasteiger partial charge < -0.3 is 0 Å². The van der Waals surface area contributed by atoms with Crippen LogP contribution in [0.5, 0.6) is 0 Å². The Balaban J connectivity index is 1.88. The Morgan fingerprint density at radius 3 is 2.41 bits per heavy atom. The van der Waals surface area contributed by atoms with Crippen molar-refractivity contribution in [1.29, 1.82) is 0 Å². The van der Waals surface area contributed by atoms with Crippen LogP contribution in [0.3, 0.4) is 0 Å². The van der Waals surface area contributed by atoms with Gasteiger partial charge in [0.1, 0.15) is 0 Å². The Hall–Kier alpha value is -2.33. The molecule has 1 heterocycles. The van der Waals surface area contributed by atoms with Gasteiger partial charge in [0, 0.05) is 7.05 Å². The number of hydrogen-bond acceptors (Lipinski definition) is 3. The van der Waals surface area contributed by atoms with Gasteiger partial charge in [0.15, 0.2) is 5.17 Å². The molecule has 1 aliphatic rings. The van der Waals surface area contributed by atoms with Gasteiger partial charge in [-0.3, -0.25) is 9.69 Å². The van der Waals surface area contributed by atoms with E-state index >= 15 is 0 Å². The summed E-state index contributed by atoms with van der Waals surface area (Å²) in [5.41, 5.74) is 3.06. The second-order valence-corrected chi connectivity index (χ2v) is 6.12. The molecular formula is C18H16N2OS. The maximum Gasteiger partial charge on any atom is 0.266 e. The van der Waals surface area contributed by atoms with Gasteiger partial charge in [0.25, 0.3) is 5.91 Å². The van der Waals surface area contributed by atoms with Crippen molar-refractivity contribution in [2.45, 2.75) is 6.92 Å². The van der Waals surface area contributed by atoms with Crippen LogP contribution >= 0.6 is 11.8 Å². The molecule has 0 radical (unpaired) electrons. The van der Waals surface area contributed by atoms with Crippen LogP contribution in [0.4, 0.5) is 5.69 Å². The van der Waals surface area contributed by atoms with Crippen molar-refractivity contribution in [2.75, 3.05) is 7.05 Å². The zero-order valence-electron chi connectivity index (χ0n) is 12.5. The lowest BCUT2D eigenvalue weighted by Crippen LogP contribution is -2.23. The molecular weight excluding hydrogens is 292 g/mol. The Labute approximate surface area is 134 Å². The molecule has 0 N–H and O–H groups in total. The Morgan fingerprint density at radius 1 is 1.05 bits per heavy atom. The zero-order chi connectivity index (χ0) is 15.5. The lowest BCUT2D eigenvalue weighted by atomic mass is 10.2. The maximum atomic E-state index is 12.3. The van der Waals surface area contributed by atoms with Crippen LogP contribution in [0.15, 0.2) is 64.5 Å². The summed E-state index contributed by atoms with van der Waals surface area (Å²) < 4.78 is 0. The second-order valence-electron chi connectivity index (χ2n) is 5.12. The van der Waals surface area contributed by atoms with Crippen molar-refractivity contribution < 1.29 is 4.79 Å². The van der Waals surface area contributed by atoms with Crippen molar-refractivity contribution in [3.05, 3.63) is 70.6 Å². The van der Waals surface area contributed by atoms with E-state index < -0.39 is 0 Å². The van der Waals surface area contributed by atoms with Crippen molar-refractivity contribution in [1.82, 2.24) is 4.90 Å². The van der Waals surface area contributed by atoms with E-state index in [2.05, 4.69) is 4.99 Å². The van der Waals surface area contributed by atoms with Crippen LogP contribution < -0.4 is 0 Å². The fraction of sp³-hybridized carbons (Fsp3) is 0.111. The van der Waals surface area contributed by atoms with Crippen molar-refractivity contribution in [2.24, 2.45) is 4.99 Å². The minimum atomic E-state index is -0.0142. The first-order valence-electron chi connectivity index (χ1n) is 7.01. The Bertz CT molecular complexity index is 748. The number of benzene rings is 2. The quantitative estimate of drug-likeness (QED) is 0.778. The van der Waals surface area contributed by atoms with Crippen molar-refractivity contribution in [3.63, 3.8) is 0 Å². The van der Waals surface area contributed by atoms with Crippen molar-refractivity contribution >= 4 is 34.6 Å². The highest BCUT2D eigenvalue weighted by molar-refractivity contribution is 8.18. The highest BCUT2D eigenvalue weighted by Crippen LogP contribution is 2.33. The lowest BCUT2D eigenvalue weighted by Gasteiger charge is -2.07. The standard InChI is InChI=1S/C18H16N2OS/c1-13-8-10-15(11-9-13)19-18-20(2)17(21)16(22-18)12-14-6-4-3-5-7-14/h3-12H,1-2H3/b16-12-,19-18?. The van der Waals surface area contributed by atoms with E-state index in [-0.39, 0.29) is 5.91 Å². The van der Waals surface area contributed by atoms with E-state index in [1.54, 1.807) is 11.9 Å². The molecule has 2 aromatic rings. The van der Waals surface area contributed by atoms with Crippen LogP contribution in [0.25, 0.3) is 6.08 Å². The molecule has 0 spiro atoms. The summed E-state index contributed by atoms with van der Waals surface area (Å²) in [4.78, 5) is 19.2. The van der Waals surface area contributed by atoms with Gasteiger partial charge in [-0.25, -0.2) is 4.99 Å². The molecule has 0 unspecified atom stereocenters. The molecule has 0 bridgehead atoms. The molecule has 4 heteroatoms. The number of carbonyl (C=O) groups is 1. The van der Waals surface area contributed by atoms with Gasteiger partial charge in [0.05, 0.1) is 10.6 Å². The van der Waals surface area contributed by atoms with E-state index in [0.717, 1.165) is 11.3 Å². The molecule has 1 fully saturated rings. The summed E-state index contributed by atoms with van der Waals surface area (Å²) >= 11 is 1.41. The molecule has 1 aliphatic heterocycles. The number of aryl methyl sites for hydroxylation is 1. The predicted octanol–water partition coefficient (Wildman–Crippen LogP) is 4.23. The summed E-state index contributed by atoms with van der Waals surface area (Å²) in [7, 11) is 1.76. The average molecular weight is 308 g/mol. The number of hydrogen-bond donors (Lipinski definition) is 0. The number of likely N-dealkylation sites (N-methyl/N-ethyl adjacent to an activating group) is 1. The topological polar surface area (TPSA) is 32.7 Å². The predicted molar refractivity (Wildman–Crippen MR) is 93.1 cm³/mol. The van der Waals surface area contributed by atoms with E-state index in [1.165, 1.54) is 17.3 Å². The van der Waals surface area contributed by atoms with Crippen LogP contribution in [0, 0.1) is 6.92 Å². The second kappa shape index (κ2) is 6.20. The lowest BCUT2D eigenvalue weighted by molar-refractivity contribution is -0.121. The van der Waals surface area contributed by atoms with Gasteiger partial charge >= 0.3 is 0 Å². The smallest absolute Gasteiger partial charge is 0.266 e. The Morgan fingerprint density at radius 2 is 1.73 bits per heavy atom. The van der Waals surface area contributed by atoms with Crippen molar-refractivity contribution in [3.8, 4) is 0 Å². The summed E-state index contributed by atoms with van der Waals surface area (Å²) in [6, 6.07) is 17.8. The SMILES string of the molecule is Cc1ccc(N=C2S/C(=C\c3ccccc3)C(=O)N2C)cc1. The van der Waals surface area contributed by atoms with E-state index in [9.17, 15) is 4.79 Å². The molecule has 22 heavy (non-hydrogen) atoms. The molecule has 3 nitrogen and oxygen atoms in total. The molecule has 110 valence electrons. The molecule has 0 aromatic heterocycles. The van der Waals surface area contributed by atoms with Gasteiger partial charge in [-0.05, 0) is 42.5 Å². The molecule has 0 saturated carbocycles. The fourth-order valence-electron chi connectivity index (χ4n) is 2.08. The first kappa shape index (κ1) is 14.6. The number of amides is 1. The zero-order valence-corrected chi connectivity index (χ0v) is 13.3. The van der Waals surface area contributed by atoms with Gasteiger partial charge in [-0.1, -0.05) is 48.0 Å². The molecule has 0 aliphatic carbocycles. The average Bonchev–Trinajstić information content (AvgIpc) is 2.79. The maximum absolute atomic E-state index is 12.3. The highest BCUT2D eigenvalue weighted by Gasteiger charge is 2.30. The third-order valence-electron chi connectivity index (χ3n) is 3.36. The van der Waals surface area contributed by atoms with Crippen LogP contribution in [0.1, 0.15) is 11.1 Å². The first-order valence-corrected chi connectivity index (χ1v) is 7.83. The van der Waals surface area contributed by atoms with Gasteiger partial charge in [-0.2, -0.15) is 0 Å². The van der Waals surface area contributed by atoms with Crippen LogP contribution in [-0.2, 0) is 4.79 Å². The summed E-state index contributed by atoms with van der Waals surface area (Å²) in [6.07, 6.45) is 1.90. The fourth-order valence-corrected chi connectivity index (χ4v) is 3.07. The summed E-state index contributed by atoms with van der Waals surface area (Å²) in [5.74, 6) is -0.0142. The highest BCUT2D eigenvalue weighted by atomic mass is 32.2. The number of thioether (sulfide) groups is 1. The number of carbonyl (C=O) groups excluding carboxylic acids is 1. The third kappa shape index (κ3) is 3.12.